The first-order chi connectivity index (χ1) is 12.2. The van der Waals surface area contributed by atoms with Crippen LogP contribution in [0.5, 0.6) is 0 Å². The zero-order valence-electron chi connectivity index (χ0n) is 14.3. The molecule has 6 heteroatoms. The van der Waals surface area contributed by atoms with Crippen molar-refractivity contribution in [2.45, 2.75) is 19.5 Å². The van der Waals surface area contributed by atoms with Crippen molar-refractivity contribution in [1.82, 2.24) is 9.80 Å². The summed E-state index contributed by atoms with van der Waals surface area (Å²) in [6.45, 7) is 6.58. The molecule has 130 valence electrons. The summed E-state index contributed by atoms with van der Waals surface area (Å²) >= 11 is 1.73. The van der Waals surface area contributed by atoms with Crippen molar-refractivity contribution in [3.05, 3.63) is 52.2 Å². The molecule has 1 aliphatic rings. The summed E-state index contributed by atoms with van der Waals surface area (Å²) in [5, 5.41) is 16.3. The maximum Gasteiger partial charge on any atom is 0.241 e. The van der Waals surface area contributed by atoms with E-state index < -0.39 is 0 Å². The molecule has 1 saturated heterocycles. The number of anilines is 1. The number of nitrogens with zero attached hydrogens (tertiary/aromatic N) is 3. The first kappa shape index (κ1) is 17.6. The van der Waals surface area contributed by atoms with Crippen LogP contribution in [0.3, 0.4) is 0 Å². The van der Waals surface area contributed by atoms with Crippen molar-refractivity contribution >= 4 is 22.9 Å². The summed E-state index contributed by atoms with van der Waals surface area (Å²) in [6.07, 6.45) is 0. The van der Waals surface area contributed by atoms with Crippen molar-refractivity contribution in [3.63, 3.8) is 0 Å². The second kappa shape index (κ2) is 8.26. The van der Waals surface area contributed by atoms with Crippen molar-refractivity contribution in [2.24, 2.45) is 0 Å². The number of benzene rings is 1. The quantitative estimate of drug-likeness (QED) is 0.897. The Balaban J connectivity index is 1.52. The van der Waals surface area contributed by atoms with E-state index in [0.717, 1.165) is 32.7 Å². The fourth-order valence-electron chi connectivity index (χ4n) is 3.04. The minimum Gasteiger partial charge on any atom is -0.324 e. The van der Waals surface area contributed by atoms with Gasteiger partial charge in [-0.3, -0.25) is 14.6 Å². The van der Waals surface area contributed by atoms with E-state index >= 15 is 0 Å². The molecule has 25 heavy (non-hydrogen) atoms. The van der Waals surface area contributed by atoms with Crippen LogP contribution in [-0.4, -0.2) is 47.9 Å². The number of thiophene rings is 1. The van der Waals surface area contributed by atoms with Gasteiger partial charge < -0.3 is 5.32 Å². The SMILES string of the molecule is C[C@H](C(=O)Nc1ccccc1C#N)N1CCN(Cc2ccsc2)CC1. The molecule has 0 unspecified atom stereocenters. The Morgan fingerprint density at radius 2 is 2.04 bits per heavy atom. The van der Waals surface area contributed by atoms with Crippen LogP contribution in [0, 0.1) is 11.3 Å². The van der Waals surface area contributed by atoms with Crippen LogP contribution in [0.4, 0.5) is 5.69 Å². The van der Waals surface area contributed by atoms with Crippen LogP contribution in [0.15, 0.2) is 41.1 Å². The summed E-state index contributed by atoms with van der Waals surface area (Å²) in [5.74, 6) is -0.0611. The van der Waals surface area contributed by atoms with Gasteiger partial charge in [0.15, 0.2) is 0 Å². The van der Waals surface area contributed by atoms with Gasteiger partial charge in [-0.05, 0) is 41.4 Å². The zero-order valence-corrected chi connectivity index (χ0v) is 15.1. The normalized spacial score (nSPS) is 17.0. The number of hydrogen-bond donors (Lipinski definition) is 1. The lowest BCUT2D eigenvalue weighted by Gasteiger charge is -2.37. The van der Waals surface area contributed by atoms with E-state index in [0.29, 0.717) is 11.3 Å². The molecule has 3 rings (SSSR count). The Hall–Kier alpha value is -2.20. The number of amides is 1. The second-order valence-corrected chi connectivity index (χ2v) is 7.05. The molecule has 0 aliphatic carbocycles. The van der Waals surface area contributed by atoms with Gasteiger partial charge in [-0.15, -0.1) is 0 Å². The third-order valence-electron chi connectivity index (χ3n) is 4.63. The summed E-state index contributed by atoms with van der Waals surface area (Å²) in [5.41, 5.74) is 2.43. The van der Waals surface area contributed by atoms with E-state index in [1.165, 1.54) is 5.56 Å². The molecular formula is C19H22N4OS. The average molecular weight is 354 g/mol. The first-order valence-electron chi connectivity index (χ1n) is 8.45. The molecule has 1 aromatic heterocycles. The predicted octanol–water partition coefficient (Wildman–Crippen LogP) is 2.76. The zero-order chi connectivity index (χ0) is 17.6. The highest BCUT2D eigenvalue weighted by atomic mass is 32.1. The Kier molecular flexibility index (Phi) is 5.82. The van der Waals surface area contributed by atoms with Crippen molar-refractivity contribution < 1.29 is 4.79 Å². The molecule has 2 heterocycles. The third-order valence-corrected chi connectivity index (χ3v) is 5.36. The summed E-state index contributed by atoms with van der Waals surface area (Å²) in [6, 6.07) is 11.2. The first-order valence-corrected chi connectivity index (χ1v) is 9.39. The standard InChI is InChI=1S/C19H22N4OS/c1-15(19(24)21-18-5-3-2-4-17(18)12-20)23-9-7-22(8-10-23)13-16-6-11-25-14-16/h2-6,11,14-15H,7-10,13H2,1H3,(H,21,24)/t15-/m1/s1. The molecular weight excluding hydrogens is 332 g/mol. The van der Waals surface area contributed by atoms with E-state index in [1.807, 2.05) is 13.0 Å². The molecule has 1 N–H and O–H groups in total. The summed E-state index contributed by atoms with van der Waals surface area (Å²) < 4.78 is 0. The topological polar surface area (TPSA) is 59.4 Å². The lowest BCUT2D eigenvalue weighted by atomic mass is 10.1. The van der Waals surface area contributed by atoms with E-state index in [1.54, 1.807) is 29.5 Å². The van der Waals surface area contributed by atoms with Crippen molar-refractivity contribution in [3.8, 4) is 6.07 Å². The smallest absolute Gasteiger partial charge is 0.241 e. The maximum atomic E-state index is 12.5. The monoisotopic (exact) mass is 354 g/mol. The molecule has 2 aromatic rings. The largest absolute Gasteiger partial charge is 0.324 e. The maximum absolute atomic E-state index is 12.5. The lowest BCUT2D eigenvalue weighted by Crippen LogP contribution is -2.52. The summed E-state index contributed by atoms with van der Waals surface area (Å²) in [4.78, 5) is 17.2. The molecule has 0 radical (unpaired) electrons. The van der Waals surface area contributed by atoms with Gasteiger partial charge in [0, 0.05) is 32.7 Å². The minimum atomic E-state index is -0.213. The molecule has 1 aromatic carbocycles. The Morgan fingerprint density at radius 1 is 1.28 bits per heavy atom. The van der Waals surface area contributed by atoms with Gasteiger partial charge in [0.25, 0.3) is 0 Å². The molecule has 1 aliphatic heterocycles. The van der Waals surface area contributed by atoms with Gasteiger partial charge in [0.1, 0.15) is 6.07 Å². The van der Waals surface area contributed by atoms with Crippen LogP contribution < -0.4 is 5.32 Å². The van der Waals surface area contributed by atoms with Gasteiger partial charge in [0.05, 0.1) is 17.3 Å². The van der Waals surface area contributed by atoms with Crippen molar-refractivity contribution in [2.75, 3.05) is 31.5 Å². The fraction of sp³-hybridized carbons (Fsp3) is 0.368. The van der Waals surface area contributed by atoms with E-state index in [4.69, 9.17) is 5.26 Å². The second-order valence-electron chi connectivity index (χ2n) is 6.27. The van der Waals surface area contributed by atoms with Crippen LogP contribution in [0.25, 0.3) is 0 Å². The fourth-order valence-corrected chi connectivity index (χ4v) is 3.70. The van der Waals surface area contributed by atoms with Crippen molar-refractivity contribution in [1.29, 1.82) is 5.26 Å². The van der Waals surface area contributed by atoms with Gasteiger partial charge in [-0.2, -0.15) is 16.6 Å². The van der Waals surface area contributed by atoms with Gasteiger partial charge >= 0.3 is 0 Å². The Morgan fingerprint density at radius 3 is 2.72 bits per heavy atom. The molecule has 1 fully saturated rings. The molecule has 1 atom stereocenters. The number of nitriles is 1. The average Bonchev–Trinajstić information content (AvgIpc) is 3.15. The van der Waals surface area contributed by atoms with Gasteiger partial charge in [0.2, 0.25) is 5.91 Å². The van der Waals surface area contributed by atoms with Gasteiger partial charge in [-0.25, -0.2) is 0 Å². The number of rotatable bonds is 5. The highest BCUT2D eigenvalue weighted by molar-refractivity contribution is 7.07. The number of hydrogen-bond acceptors (Lipinski definition) is 5. The van der Waals surface area contributed by atoms with Crippen LogP contribution in [0.2, 0.25) is 0 Å². The molecule has 0 bridgehead atoms. The van der Waals surface area contributed by atoms with E-state index in [9.17, 15) is 4.79 Å². The van der Waals surface area contributed by atoms with E-state index in [-0.39, 0.29) is 11.9 Å². The van der Waals surface area contributed by atoms with Crippen LogP contribution >= 0.6 is 11.3 Å². The van der Waals surface area contributed by atoms with Crippen LogP contribution in [-0.2, 0) is 11.3 Å². The third kappa shape index (κ3) is 4.45. The van der Waals surface area contributed by atoms with Gasteiger partial charge in [-0.1, -0.05) is 12.1 Å². The molecule has 0 spiro atoms. The Labute approximate surface area is 152 Å². The summed E-state index contributed by atoms with van der Waals surface area (Å²) in [7, 11) is 0. The lowest BCUT2D eigenvalue weighted by molar-refractivity contribution is -0.121. The number of carbonyl (C=O) groups is 1. The molecule has 1 amide bonds. The number of nitrogens with one attached hydrogen (secondary N) is 1. The Bertz CT molecular complexity index is 745. The molecule has 5 nitrogen and oxygen atoms in total. The molecule has 0 saturated carbocycles. The highest BCUT2D eigenvalue weighted by Crippen LogP contribution is 2.16. The number of carbonyl (C=O) groups excluding carboxylic acids is 1. The predicted molar refractivity (Wildman–Crippen MR) is 100 cm³/mol. The number of para-hydroxylation sites is 1. The highest BCUT2D eigenvalue weighted by Gasteiger charge is 2.26. The number of piperazine rings is 1. The van der Waals surface area contributed by atoms with Crippen LogP contribution in [0.1, 0.15) is 18.1 Å². The minimum absolute atomic E-state index is 0.0611. The van der Waals surface area contributed by atoms with E-state index in [2.05, 4.69) is 38.0 Å².